The molecule has 0 aromatic carbocycles. The van der Waals surface area contributed by atoms with Crippen LogP contribution >= 0.6 is 23.2 Å². The standard InChI is InChI=1S/C10H17Cl2N3O/c1-13-10(16)5-2-3-6-7(4-5)15-9(12)8(11)14-6/h5-9,14-15H,2-4H2,1H3,(H,13,16). The summed E-state index contributed by atoms with van der Waals surface area (Å²) in [5, 5.41) is 9.26. The monoisotopic (exact) mass is 265 g/mol. The number of carbonyl (C=O) groups is 1. The van der Waals surface area contributed by atoms with Crippen molar-refractivity contribution < 1.29 is 4.79 Å². The highest BCUT2D eigenvalue weighted by Gasteiger charge is 2.39. The van der Waals surface area contributed by atoms with E-state index < -0.39 is 0 Å². The second-order valence-corrected chi connectivity index (χ2v) is 5.41. The van der Waals surface area contributed by atoms with Crippen LogP contribution < -0.4 is 16.0 Å². The van der Waals surface area contributed by atoms with Crippen molar-refractivity contribution in [3.05, 3.63) is 0 Å². The number of carbonyl (C=O) groups excluding carboxylic acids is 1. The summed E-state index contributed by atoms with van der Waals surface area (Å²) in [5.41, 5.74) is -0.508. The van der Waals surface area contributed by atoms with Crippen LogP contribution in [-0.4, -0.2) is 36.0 Å². The lowest BCUT2D eigenvalue weighted by atomic mass is 9.81. The summed E-state index contributed by atoms with van der Waals surface area (Å²) in [7, 11) is 1.68. The zero-order chi connectivity index (χ0) is 11.7. The molecule has 3 N–H and O–H groups in total. The summed E-state index contributed by atoms with van der Waals surface area (Å²) in [6, 6.07) is 0.576. The predicted octanol–water partition coefficient (Wildman–Crippen LogP) is 0.592. The third-order valence-corrected chi connectivity index (χ3v) is 4.36. The zero-order valence-corrected chi connectivity index (χ0v) is 10.7. The average Bonchev–Trinajstić information content (AvgIpc) is 2.29. The zero-order valence-electron chi connectivity index (χ0n) is 9.17. The first-order valence-electron chi connectivity index (χ1n) is 5.63. The number of hydrogen-bond donors (Lipinski definition) is 3. The molecule has 6 heteroatoms. The van der Waals surface area contributed by atoms with Gasteiger partial charge in [0, 0.05) is 25.0 Å². The average molecular weight is 266 g/mol. The Morgan fingerprint density at radius 3 is 2.44 bits per heavy atom. The fourth-order valence-corrected chi connectivity index (χ4v) is 3.04. The fourth-order valence-electron chi connectivity index (χ4n) is 2.57. The minimum Gasteiger partial charge on any atom is -0.359 e. The number of amides is 1. The van der Waals surface area contributed by atoms with Gasteiger partial charge in [-0.1, -0.05) is 0 Å². The Kier molecular flexibility index (Phi) is 3.95. The molecule has 2 rings (SSSR count). The van der Waals surface area contributed by atoms with Gasteiger partial charge in [-0.05, 0) is 19.3 Å². The minimum absolute atomic E-state index is 0.0938. The van der Waals surface area contributed by atoms with Crippen molar-refractivity contribution in [2.45, 2.75) is 42.3 Å². The Hall–Kier alpha value is -0.0300. The van der Waals surface area contributed by atoms with Gasteiger partial charge in [-0.2, -0.15) is 0 Å². The van der Waals surface area contributed by atoms with Crippen LogP contribution in [0.25, 0.3) is 0 Å². The van der Waals surface area contributed by atoms with Gasteiger partial charge in [0.05, 0.1) is 0 Å². The molecule has 1 saturated heterocycles. The molecule has 1 aliphatic carbocycles. The number of halogens is 2. The Balaban J connectivity index is 1.96. The third-order valence-electron chi connectivity index (χ3n) is 3.47. The van der Waals surface area contributed by atoms with E-state index in [1.807, 2.05) is 0 Å². The molecule has 1 saturated carbocycles. The molecule has 2 aliphatic rings. The molecule has 0 bridgehead atoms. The van der Waals surface area contributed by atoms with E-state index in [0.29, 0.717) is 6.04 Å². The highest BCUT2D eigenvalue weighted by molar-refractivity contribution is 6.29. The molecule has 5 unspecified atom stereocenters. The van der Waals surface area contributed by atoms with Gasteiger partial charge in [0.2, 0.25) is 5.91 Å². The van der Waals surface area contributed by atoms with Crippen LogP contribution in [0, 0.1) is 5.92 Å². The van der Waals surface area contributed by atoms with Crippen molar-refractivity contribution in [1.29, 1.82) is 0 Å². The van der Waals surface area contributed by atoms with Crippen LogP contribution in [0.4, 0.5) is 0 Å². The molecule has 0 aromatic heterocycles. The van der Waals surface area contributed by atoms with E-state index in [1.165, 1.54) is 0 Å². The molecule has 4 nitrogen and oxygen atoms in total. The van der Waals surface area contributed by atoms with Crippen molar-refractivity contribution in [3.63, 3.8) is 0 Å². The topological polar surface area (TPSA) is 53.2 Å². The van der Waals surface area contributed by atoms with Gasteiger partial charge in [0.1, 0.15) is 11.0 Å². The van der Waals surface area contributed by atoms with Crippen LogP contribution in [0.5, 0.6) is 0 Å². The molecule has 1 heterocycles. The van der Waals surface area contributed by atoms with Crippen LogP contribution in [-0.2, 0) is 4.79 Å². The Morgan fingerprint density at radius 1 is 1.19 bits per heavy atom. The summed E-state index contributed by atoms with van der Waals surface area (Å²) in [4.78, 5) is 11.6. The van der Waals surface area contributed by atoms with Gasteiger partial charge in [-0.25, -0.2) is 0 Å². The first kappa shape index (κ1) is 12.4. The highest BCUT2D eigenvalue weighted by Crippen LogP contribution is 2.29. The van der Waals surface area contributed by atoms with E-state index in [-0.39, 0.29) is 28.9 Å². The molecular weight excluding hydrogens is 249 g/mol. The fraction of sp³-hybridized carbons (Fsp3) is 0.900. The molecule has 0 aromatic rings. The number of fused-ring (bicyclic) bond motifs is 1. The Morgan fingerprint density at radius 2 is 1.81 bits per heavy atom. The van der Waals surface area contributed by atoms with Crippen LogP contribution in [0.15, 0.2) is 0 Å². The SMILES string of the molecule is CNC(=O)C1CCC2NC(Cl)C(Cl)NC2C1. The maximum absolute atomic E-state index is 11.6. The smallest absolute Gasteiger partial charge is 0.222 e. The summed E-state index contributed by atoms with van der Waals surface area (Å²) >= 11 is 12.1. The van der Waals surface area contributed by atoms with E-state index in [4.69, 9.17) is 23.2 Å². The molecule has 5 atom stereocenters. The summed E-state index contributed by atoms with van der Waals surface area (Å²) in [5.74, 6) is 0.218. The van der Waals surface area contributed by atoms with Crippen molar-refractivity contribution in [3.8, 4) is 0 Å². The number of rotatable bonds is 1. The molecule has 1 aliphatic heterocycles. The second-order valence-electron chi connectivity index (χ2n) is 4.47. The number of alkyl halides is 2. The summed E-state index contributed by atoms with van der Waals surface area (Å²) in [6.07, 6.45) is 2.69. The van der Waals surface area contributed by atoms with E-state index >= 15 is 0 Å². The quantitative estimate of drug-likeness (QED) is 0.481. The molecule has 16 heavy (non-hydrogen) atoms. The van der Waals surface area contributed by atoms with Crippen LogP contribution in [0.1, 0.15) is 19.3 Å². The van der Waals surface area contributed by atoms with Crippen molar-refractivity contribution >= 4 is 29.1 Å². The van der Waals surface area contributed by atoms with Crippen molar-refractivity contribution in [2.75, 3.05) is 7.05 Å². The Labute approximate surface area is 105 Å². The van der Waals surface area contributed by atoms with Crippen molar-refractivity contribution in [2.24, 2.45) is 5.92 Å². The molecule has 92 valence electrons. The van der Waals surface area contributed by atoms with Gasteiger partial charge in [-0.15, -0.1) is 23.2 Å². The lowest BCUT2D eigenvalue weighted by Gasteiger charge is -2.43. The van der Waals surface area contributed by atoms with Gasteiger partial charge in [0.15, 0.2) is 0 Å². The maximum Gasteiger partial charge on any atom is 0.222 e. The Bertz CT molecular complexity index is 277. The van der Waals surface area contributed by atoms with Gasteiger partial charge in [-0.3, -0.25) is 15.4 Å². The largest absolute Gasteiger partial charge is 0.359 e. The van der Waals surface area contributed by atoms with E-state index in [2.05, 4.69) is 16.0 Å². The van der Waals surface area contributed by atoms with Gasteiger partial charge in [0.25, 0.3) is 0 Å². The minimum atomic E-state index is -0.272. The molecule has 0 radical (unpaired) electrons. The van der Waals surface area contributed by atoms with Gasteiger partial charge >= 0.3 is 0 Å². The summed E-state index contributed by atoms with van der Waals surface area (Å²) in [6.45, 7) is 0. The van der Waals surface area contributed by atoms with E-state index in [9.17, 15) is 4.79 Å². The molecule has 2 fully saturated rings. The van der Waals surface area contributed by atoms with E-state index in [0.717, 1.165) is 19.3 Å². The highest BCUT2D eigenvalue weighted by atomic mass is 35.5. The third kappa shape index (κ3) is 2.45. The lowest BCUT2D eigenvalue weighted by molar-refractivity contribution is -0.126. The predicted molar refractivity (Wildman–Crippen MR) is 64.5 cm³/mol. The molecular formula is C10H17Cl2N3O. The van der Waals surface area contributed by atoms with Crippen LogP contribution in [0.2, 0.25) is 0 Å². The summed E-state index contributed by atoms with van der Waals surface area (Å²) < 4.78 is 0. The van der Waals surface area contributed by atoms with E-state index in [1.54, 1.807) is 7.05 Å². The first-order valence-corrected chi connectivity index (χ1v) is 6.51. The number of piperazine rings is 1. The van der Waals surface area contributed by atoms with Crippen molar-refractivity contribution in [1.82, 2.24) is 16.0 Å². The molecule has 0 spiro atoms. The van der Waals surface area contributed by atoms with Gasteiger partial charge < -0.3 is 5.32 Å². The number of nitrogens with one attached hydrogen (secondary N) is 3. The normalized spacial score (nSPS) is 43.6. The first-order chi connectivity index (χ1) is 7.61. The number of hydrogen-bond acceptors (Lipinski definition) is 3. The van der Waals surface area contributed by atoms with Crippen LogP contribution in [0.3, 0.4) is 0 Å². The molecule has 1 amide bonds. The lowest BCUT2D eigenvalue weighted by Crippen LogP contribution is -2.64. The maximum atomic E-state index is 11.6. The second kappa shape index (κ2) is 5.08.